The Kier molecular flexibility index (Phi) is 24.2. The molecule has 2 amide bonds. The molecule has 0 radical (unpaired) electrons. The normalized spacial score (nSPS) is 36.1. The van der Waals surface area contributed by atoms with Gasteiger partial charge in [-0.15, -0.1) is 0 Å². The molecule has 1 aromatic rings. The number of methoxy groups -OCH3 is 3. The number of hydroxylamine groups is 1. The van der Waals surface area contributed by atoms with Crippen molar-refractivity contribution in [2.75, 3.05) is 27.9 Å². The van der Waals surface area contributed by atoms with Gasteiger partial charge < -0.3 is 43.5 Å². The van der Waals surface area contributed by atoms with Crippen LogP contribution in [0.3, 0.4) is 0 Å². The fraction of sp³-hybridized carbons (Fsp3) is 0.672. The van der Waals surface area contributed by atoms with E-state index in [-0.39, 0.29) is 49.4 Å². The standard InChI is InChI=1S/C58H85N3O15/c1-35-16-12-11-13-17-36(2)48(70-8)32-44-21-19-41(7)58(69,76-44)54(65)55(66)61-27-15-14-18-45(61)56(67)74-49(33-46(62)37(3)29-40(6)52(64)53(72-10)51(63)39(5)28-35)38(4)30-43-20-22-47(50(31-43)71-9)75-57(68)60-73-34-42-23-25-59-26-24-42/h11-13,16-17,23-26,29,35,37-39,41,43-45,47-50,52-53,64,69H,14-15,18-22,27-28,30-34H2,1-10H3,(H,60,68)/b13-11+,16-12+,36-17+,40-29+/t35-,37-,38-,39-,41-,43+,44+,45+,47-,48+,49+,50-,52-,53+,58-/m1/s1. The van der Waals surface area contributed by atoms with Crippen molar-refractivity contribution in [2.45, 2.75) is 187 Å². The van der Waals surface area contributed by atoms with Crippen molar-refractivity contribution in [3.63, 3.8) is 0 Å². The zero-order chi connectivity index (χ0) is 55.7. The van der Waals surface area contributed by atoms with Crippen LogP contribution in [-0.4, -0.2) is 138 Å². The number of pyridine rings is 1. The zero-order valence-corrected chi connectivity index (χ0v) is 46.4. The van der Waals surface area contributed by atoms with Crippen LogP contribution in [0.25, 0.3) is 0 Å². The van der Waals surface area contributed by atoms with E-state index < -0.39 is 102 Å². The Morgan fingerprint density at radius 3 is 2.32 bits per heavy atom. The monoisotopic (exact) mass is 1060 g/mol. The van der Waals surface area contributed by atoms with Crippen LogP contribution in [0, 0.1) is 35.5 Å². The number of carbonyl (C=O) groups excluding carboxylic acids is 6. The highest BCUT2D eigenvalue weighted by atomic mass is 16.7. The number of ether oxygens (including phenoxy) is 6. The van der Waals surface area contributed by atoms with Gasteiger partial charge in [0.25, 0.3) is 11.7 Å². The molecular weight excluding hydrogens is 979 g/mol. The van der Waals surface area contributed by atoms with Gasteiger partial charge in [0.2, 0.25) is 5.79 Å². The van der Waals surface area contributed by atoms with Crippen LogP contribution in [0.4, 0.5) is 4.79 Å². The zero-order valence-electron chi connectivity index (χ0n) is 46.4. The van der Waals surface area contributed by atoms with Gasteiger partial charge in [0.1, 0.15) is 36.2 Å². The lowest BCUT2D eigenvalue weighted by Gasteiger charge is -2.42. The molecule has 76 heavy (non-hydrogen) atoms. The number of esters is 1. The van der Waals surface area contributed by atoms with Gasteiger partial charge in [-0.3, -0.25) is 29.0 Å². The molecule has 0 aromatic carbocycles. The lowest BCUT2D eigenvalue weighted by molar-refractivity contribution is -0.265. The molecule has 4 aliphatic rings. The molecule has 3 N–H and O–H groups in total. The maximum absolute atomic E-state index is 14.6. The van der Waals surface area contributed by atoms with Gasteiger partial charge in [-0.1, -0.05) is 71.1 Å². The predicted molar refractivity (Wildman–Crippen MR) is 282 cm³/mol. The minimum atomic E-state index is -2.46. The van der Waals surface area contributed by atoms with E-state index in [0.29, 0.717) is 69.8 Å². The number of cyclic esters (lactones) is 1. The summed E-state index contributed by atoms with van der Waals surface area (Å²) in [6, 6.07) is 2.33. The first kappa shape index (κ1) is 61.9. The summed E-state index contributed by atoms with van der Waals surface area (Å²) in [5.41, 5.74) is 4.36. The lowest BCUT2D eigenvalue weighted by atomic mass is 9.78. The number of nitrogens with one attached hydrogen (secondary N) is 1. The van der Waals surface area contributed by atoms with Crippen molar-refractivity contribution in [1.82, 2.24) is 15.4 Å². The first-order valence-electron chi connectivity index (χ1n) is 27.2. The van der Waals surface area contributed by atoms with Crippen molar-refractivity contribution in [2.24, 2.45) is 35.5 Å². The predicted octanol–water partition coefficient (Wildman–Crippen LogP) is 7.44. The number of aliphatic hydroxyl groups excluding tert-OH is 1. The molecule has 1 saturated carbocycles. The van der Waals surface area contributed by atoms with Gasteiger partial charge in [0.05, 0.1) is 24.9 Å². The van der Waals surface area contributed by atoms with Crippen LogP contribution in [0.5, 0.6) is 0 Å². The maximum atomic E-state index is 14.6. The maximum Gasteiger partial charge on any atom is 0.431 e. The number of carbonyl (C=O) groups is 6. The Morgan fingerprint density at radius 1 is 0.882 bits per heavy atom. The summed E-state index contributed by atoms with van der Waals surface area (Å²) in [6.07, 6.45) is 12.7. The second kappa shape index (κ2) is 29.7. The Bertz CT molecular complexity index is 2230. The first-order chi connectivity index (χ1) is 36.2. The Labute approximate surface area is 449 Å². The van der Waals surface area contributed by atoms with E-state index >= 15 is 0 Å². The molecule has 15 atom stereocenters. The molecule has 1 aliphatic carbocycles. The van der Waals surface area contributed by atoms with Gasteiger partial charge in [-0.05, 0) is 125 Å². The van der Waals surface area contributed by atoms with Crippen LogP contribution < -0.4 is 5.48 Å². The Balaban J connectivity index is 1.41. The topological polar surface area (TPSA) is 236 Å². The van der Waals surface area contributed by atoms with E-state index in [1.54, 1.807) is 72.5 Å². The average molecular weight is 1060 g/mol. The fourth-order valence-electron chi connectivity index (χ4n) is 11.1. The molecular formula is C58H85N3O15. The van der Waals surface area contributed by atoms with E-state index in [1.165, 1.54) is 12.0 Å². The number of aromatic nitrogens is 1. The molecule has 4 heterocycles. The van der Waals surface area contributed by atoms with Crippen LogP contribution >= 0.6 is 0 Å². The number of Topliss-reactive ketones (excluding diaryl/α,β-unsaturated/α-hetero) is 3. The SMILES string of the molecule is CO[C@H]1C[C@@H]2CC[C@@H](C)[C@@](O)(O2)C(=O)C(=O)N2CCCC[C@H]2C(=O)O[C@H]([C@H](C)C[C@@H]2CC[C@@H](OC(=O)NOCc3ccncc3)[C@H](OC)C2)CC(=O)[C@H](C)/C=C(\C)[C@@H](O)[C@@H](OC)C(=O)[C@H](C)C[C@H](C)/C=C/C=C/C=C/1C. The number of rotatable bonds is 10. The third-order valence-corrected chi connectivity index (χ3v) is 15.9. The molecule has 18 heteroatoms. The van der Waals surface area contributed by atoms with Gasteiger partial charge in [0, 0.05) is 70.9 Å². The third kappa shape index (κ3) is 17.0. The number of allylic oxidation sites excluding steroid dienone is 6. The molecule has 1 aromatic heterocycles. The highest BCUT2D eigenvalue weighted by molar-refractivity contribution is 6.39. The van der Waals surface area contributed by atoms with Crippen LogP contribution in [0.1, 0.15) is 131 Å². The number of amides is 2. The number of aliphatic hydroxyl groups is 2. The highest BCUT2D eigenvalue weighted by Gasteiger charge is 2.53. The van der Waals surface area contributed by atoms with Gasteiger partial charge in [0.15, 0.2) is 5.78 Å². The number of piperidine rings is 1. The second-order valence-electron chi connectivity index (χ2n) is 21.7. The number of hydrogen-bond donors (Lipinski definition) is 3. The molecule has 2 bridgehead atoms. The average Bonchev–Trinajstić information content (AvgIpc) is 3.40. The van der Waals surface area contributed by atoms with Gasteiger partial charge in [-0.2, -0.15) is 5.48 Å². The minimum Gasteiger partial charge on any atom is -0.460 e. The number of hydrogen-bond acceptors (Lipinski definition) is 16. The summed E-state index contributed by atoms with van der Waals surface area (Å²) in [4.78, 5) is 94.7. The van der Waals surface area contributed by atoms with E-state index in [0.717, 1.165) is 11.1 Å². The van der Waals surface area contributed by atoms with Crippen molar-refractivity contribution in [3.8, 4) is 0 Å². The smallest absolute Gasteiger partial charge is 0.431 e. The summed E-state index contributed by atoms with van der Waals surface area (Å²) >= 11 is 0. The number of fused-ring (bicyclic) bond motifs is 3. The van der Waals surface area contributed by atoms with Gasteiger partial charge >= 0.3 is 12.1 Å². The van der Waals surface area contributed by atoms with E-state index in [2.05, 4.69) is 10.5 Å². The van der Waals surface area contributed by atoms with Crippen molar-refractivity contribution in [3.05, 3.63) is 77.7 Å². The summed E-state index contributed by atoms with van der Waals surface area (Å²) in [7, 11) is 4.48. The summed E-state index contributed by atoms with van der Waals surface area (Å²) in [5, 5.41) is 23.6. The molecule has 18 nitrogen and oxygen atoms in total. The molecule has 0 unspecified atom stereocenters. The van der Waals surface area contributed by atoms with E-state index in [9.17, 15) is 39.0 Å². The summed E-state index contributed by atoms with van der Waals surface area (Å²) in [5.74, 6) is -8.46. The van der Waals surface area contributed by atoms with E-state index in [1.807, 2.05) is 51.2 Å². The summed E-state index contributed by atoms with van der Waals surface area (Å²) in [6.45, 7) is 12.7. The quantitative estimate of drug-likeness (QED) is 0.0894. The molecule has 0 spiro atoms. The Hall–Kier alpha value is -4.95. The first-order valence-corrected chi connectivity index (χ1v) is 27.2. The van der Waals surface area contributed by atoms with Gasteiger partial charge in [-0.25, -0.2) is 9.59 Å². The molecule has 3 fully saturated rings. The van der Waals surface area contributed by atoms with Crippen molar-refractivity contribution >= 4 is 35.3 Å². The third-order valence-electron chi connectivity index (χ3n) is 15.9. The molecule has 3 aliphatic heterocycles. The van der Waals surface area contributed by atoms with Crippen molar-refractivity contribution < 1.29 is 72.2 Å². The number of ketones is 3. The van der Waals surface area contributed by atoms with E-state index in [4.69, 9.17) is 33.3 Å². The number of nitrogens with zero attached hydrogens (tertiary/aromatic N) is 2. The van der Waals surface area contributed by atoms with Crippen LogP contribution in [0.2, 0.25) is 0 Å². The highest BCUT2D eigenvalue weighted by Crippen LogP contribution is 2.38. The lowest BCUT2D eigenvalue weighted by Crippen LogP contribution is -2.61. The fourth-order valence-corrected chi connectivity index (χ4v) is 11.1. The largest absolute Gasteiger partial charge is 0.460 e. The van der Waals surface area contributed by atoms with Crippen molar-refractivity contribution in [1.29, 1.82) is 0 Å². The molecule has 5 rings (SSSR count). The molecule has 422 valence electrons. The Morgan fingerprint density at radius 2 is 1.62 bits per heavy atom. The second-order valence-corrected chi connectivity index (χ2v) is 21.7. The van der Waals surface area contributed by atoms with Crippen LogP contribution in [0.15, 0.2) is 72.1 Å². The van der Waals surface area contributed by atoms with Crippen LogP contribution in [-0.2, 0) is 63.8 Å². The summed E-state index contributed by atoms with van der Waals surface area (Å²) < 4.78 is 35.5. The minimum absolute atomic E-state index is 0.00185. The molecule has 2 saturated heterocycles.